The number of fused-ring (bicyclic) bond motifs is 2. The van der Waals surface area contributed by atoms with Gasteiger partial charge in [-0.1, -0.05) is 11.6 Å². The van der Waals surface area contributed by atoms with Gasteiger partial charge in [-0.2, -0.15) is 0 Å². The molecule has 3 heterocycles. The Kier molecular flexibility index (Phi) is 6.36. The number of carboxylic acid groups (broad SMARTS) is 1. The predicted molar refractivity (Wildman–Crippen MR) is 138 cm³/mol. The molecule has 1 aliphatic rings. The highest BCUT2D eigenvalue weighted by molar-refractivity contribution is 7.18. The Bertz CT molecular complexity index is 1610. The van der Waals surface area contributed by atoms with E-state index in [-0.39, 0.29) is 36.5 Å². The SMILES string of the molecule is Cc1cc(-c2cc(Cl)ccc2OCCn2c(C)nc3c(c2=O)CC(=O)CC3)c2scc(C(=O)O)c2n1. The molecule has 0 radical (unpaired) electrons. The van der Waals surface area contributed by atoms with Crippen molar-refractivity contribution in [2.45, 2.75) is 39.7 Å². The fourth-order valence-corrected chi connectivity index (χ4v) is 5.71. The van der Waals surface area contributed by atoms with Gasteiger partial charge >= 0.3 is 5.97 Å². The van der Waals surface area contributed by atoms with Crippen molar-refractivity contribution in [2.24, 2.45) is 0 Å². The van der Waals surface area contributed by atoms with Gasteiger partial charge in [-0.3, -0.25) is 19.1 Å². The zero-order valence-corrected chi connectivity index (χ0v) is 21.2. The summed E-state index contributed by atoms with van der Waals surface area (Å²) in [7, 11) is 0. The van der Waals surface area contributed by atoms with E-state index in [2.05, 4.69) is 9.97 Å². The zero-order valence-electron chi connectivity index (χ0n) is 19.6. The number of thiophene rings is 1. The van der Waals surface area contributed by atoms with E-state index in [0.29, 0.717) is 57.5 Å². The Hall–Kier alpha value is -3.56. The van der Waals surface area contributed by atoms with E-state index < -0.39 is 5.97 Å². The van der Waals surface area contributed by atoms with Crippen LogP contribution in [0.15, 0.2) is 34.4 Å². The smallest absolute Gasteiger partial charge is 0.338 e. The number of ether oxygens (including phenoxy) is 1. The Morgan fingerprint density at radius 3 is 2.75 bits per heavy atom. The van der Waals surface area contributed by atoms with Crippen molar-refractivity contribution in [1.82, 2.24) is 14.5 Å². The lowest BCUT2D eigenvalue weighted by Gasteiger charge is -2.18. The maximum Gasteiger partial charge on any atom is 0.338 e. The number of aromatic carboxylic acids is 1. The summed E-state index contributed by atoms with van der Waals surface area (Å²) in [4.78, 5) is 45.6. The maximum absolute atomic E-state index is 13.0. The first-order chi connectivity index (χ1) is 17.2. The van der Waals surface area contributed by atoms with E-state index in [0.717, 1.165) is 10.3 Å². The molecule has 0 fully saturated rings. The van der Waals surface area contributed by atoms with Gasteiger partial charge in [0.1, 0.15) is 24.0 Å². The summed E-state index contributed by atoms with van der Waals surface area (Å²) in [6.45, 7) is 4.02. The van der Waals surface area contributed by atoms with Crippen LogP contribution in [0, 0.1) is 13.8 Å². The number of hydrogen-bond acceptors (Lipinski definition) is 7. The molecule has 1 aromatic carbocycles. The van der Waals surface area contributed by atoms with Crippen molar-refractivity contribution in [3.8, 4) is 16.9 Å². The Morgan fingerprint density at radius 1 is 1.17 bits per heavy atom. The van der Waals surface area contributed by atoms with Crippen LogP contribution in [0.2, 0.25) is 5.02 Å². The minimum Gasteiger partial charge on any atom is -0.491 e. The summed E-state index contributed by atoms with van der Waals surface area (Å²) >= 11 is 7.62. The number of carboxylic acids is 1. The molecule has 8 nitrogen and oxygen atoms in total. The first kappa shape index (κ1) is 24.1. The molecular weight excluding hydrogens is 502 g/mol. The Morgan fingerprint density at radius 2 is 1.97 bits per heavy atom. The molecule has 184 valence electrons. The van der Waals surface area contributed by atoms with Crippen molar-refractivity contribution in [1.29, 1.82) is 0 Å². The molecule has 36 heavy (non-hydrogen) atoms. The van der Waals surface area contributed by atoms with E-state index in [1.54, 1.807) is 42.0 Å². The predicted octanol–water partition coefficient (Wildman–Crippen LogP) is 4.63. The molecule has 0 saturated heterocycles. The number of Topliss-reactive ketones (excluding diaryl/α,β-unsaturated/α-hetero) is 1. The number of hydrogen-bond donors (Lipinski definition) is 1. The lowest BCUT2D eigenvalue weighted by atomic mass is 9.96. The summed E-state index contributed by atoms with van der Waals surface area (Å²) in [5, 5.41) is 11.6. The third-order valence-corrected chi connectivity index (χ3v) is 7.48. The van der Waals surface area contributed by atoms with Crippen molar-refractivity contribution >= 4 is 44.9 Å². The van der Waals surface area contributed by atoms with Gasteiger partial charge in [-0.05, 0) is 44.5 Å². The zero-order chi connectivity index (χ0) is 25.6. The minimum absolute atomic E-state index is 0.0532. The molecule has 1 N–H and O–H groups in total. The second-order valence-electron chi connectivity index (χ2n) is 8.69. The van der Waals surface area contributed by atoms with Crippen LogP contribution < -0.4 is 10.3 Å². The highest BCUT2D eigenvalue weighted by Crippen LogP contribution is 2.40. The topological polar surface area (TPSA) is 111 Å². The number of aromatic nitrogens is 3. The van der Waals surface area contributed by atoms with Crippen molar-refractivity contribution in [3.63, 3.8) is 0 Å². The lowest BCUT2D eigenvalue weighted by Crippen LogP contribution is -2.34. The van der Waals surface area contributed by atoms with E-state index >= 15 is 0 Å². The summed E-state index contributed by atoms with van der Waals surface area (Å²) < 4.78 is 8.39. The van der Waals surface area contributed by atoms with Gasteiger partial charge in [0, 0.05) is 45.6 Å². The third-order valence-electron chi connectivity index (χ3n) is 6.24. The van der Waals surface area contributed by atoms with Crippen LogP contribution in [0.1, 0.15) is 39.6 Å². The first-order valence-corrected chi connectivity index (χ1v) is 12.6. The monoisotopic (exact) mass is 523 g/mol. The number of rotatable bonds is 6. The molecule has 0 bridgehead atoms. The van der Waals surface area contributed by atoms with Crippen LogP contribution in [0.25, 0.3) is 21.3 Å². The summed E-state index contributed by atoms with van der Waals surface area (Å²) in [5.74, 6) is 0.147. The van der Waals surface area contributed by atoms with Crippen LogP contribution in [-0.4, -0.2) is 38.0 Å². The third kappa shape index (κ3) is 4.40. The van der Waals surface area contributed by atoms with E-state index in [9.17, 15) is 19.5 Å². The largest absolute Gasteiger partial charge is 0.491 e. The van der Waals surface area contributed by atoms with E-state index in [4.69, 9.17) is 16.3 Å². The van der Waals surface area contributed by atoms with Crippen LogP contribution in [0.3, 0.4) is 0 Å². The molecule has 10 heteroatoms. The van der Waals surface area contributed by atoms with Gasteiger partial charge in [0.15, 0.2) is 0 Å². The standard InChI is InChI=1S/C26H22ClN3O5S/c1-13-9-18(24-23(28-13)20(12-36-24)26(33)34)17-10-15(27)3-6-22(17)35-8-7-30-14(2)29-21-5-4-16(31)11-19(21)25(30)32/h3,6,9-10,12H,4-5,7-8,11H2,1-2H3,(H,33,34). The first-order valence-electron chi connectivity index (χ1n) is 11.4. The van der Waals surface area contributed by atoms with Gasteiger partial charge in [0.25, 0.3) is 5.56 Å². The summed E-state index contributed by atoms with van der Waals surface area (Å²) in [6.07, 6.45) is 1.05. The molecule has 4 aromatic rings. The highest BCUT2D eigenvalue weighted by Gasteiger charge is 2.23. The molecule has 0 unspecified atom stereocenters. The van der Waals surface area contributed by atoms with Crippen LogP contribution in [0.5, 0.6) is 5.75 Å². The van der Waals surface area contributed by atoms with E-state index in [1.165, 1.54) is 11.3 Å². The number of pyridine rings is 1. The Balaban J connectivity index is 1.47. The molecular formula is C26H22ClN3O5S. The number of benzene rings is 1. The number of ketones is 1. The summed E-state index contributed by atoms with van der Waals surface area (Å²) in [5.41, 5.74) is 3.71. The second kappa shape index (κ2) is 9.48. The number of halogens is 1. The maximum atomic E-state index is 13.0. The Labute approximate surface area is 215 Å². The number of nitrogens with zero attached hydrogens (tertiary/aromatic N) is 3. The molecule has 0 spiro atoms. The number of aryl methyl sites for hydroxylation is 3. The molecule has 5 rings (SSSR count). The number of carbonyl (C=O) groups excluding carboxylic acids is 1. The van der Waals surface area contributed by atoms with Crippen molar-refractivity contribution in [2.75, 3.05) is 6.61 Å². The van der Waals surface area contributed by atoms with Gasteiger partial charge in [0.2, 0.25) is 0 Å². The van der Waals surface area contributed by atoms with E-state index in [1.807, 2.05) is 6.07 Å². The number of carbonyl (C=O) groups is 2. The van der Waals surface area contributed by atoms with Crippen LogP contribution >= 0.6 is 22.9 Å². The van der Waals surface area contributed by atoms with Crippen LogP contribution in [0.4, 0.5) is 0 Å². The fraction of sp³-hybridized carbons (Fsp3) is 0.269. The van der Waals surface area contributed by atoms with Gasteiger partial charge < -0.3 is 9.84 Å². The van der Waals surface area contributed by atoms with Gasteiger partial charge in [0.05, 0.1) is 28.0 Å². The normalized spacial score (nSPS) is 13.1. The fourth-order valence-electron chi connectivity index (χ4n) is 4.52. The molecule has 0 amide bonds. The summed E-state index contributed by atoms with van der Waals surface area (Å²) in [6, 6.07) is 7.12. The lowest BCUT2D eigenvalue weighted by molar-refractivity contribution is -0.118. The average molecular weight is 524 g/mol. The minimum atomic E-state index is -1.03. The van der Waals surface area contributed by atoms with Crippen molar-refractivity contribution in [3.05, 3.63) is 73.4 Å². The second-order valence-corrected chi connectivity index (χ2v) is 10.0. The highest BCUT2D eigenvalue weighted by atomic mass is 35.5. The molecule has 0 atom stereocenters. The van der Waals surface area contributed by atoms with Crippen LogP contribution in [-0.2, 0) is 24.2 Å². The molecule has 1 aliphatic carbocycles. The van der Waals surface area contributed by atoms with Gasteiger partial charge in [-0.15, -0.1) is 11.3 Å². The van der Waals surface area contributed by atoms with Crippen molar-refractivity contribution < 1.29 is 19.4 Å². The quantitative estimate of drug-likeness (QED) is 0.392. The molecule has 0 aliphatic heterocycles. The molecule has 3 aromatic heterocycles. The molecule has 0 saturated carbocycles. The van der Waals surface area contributed by atoms with Gasteiger partial charge in [-0.25, -0.2) is 9.78 Å². The average Bonchev–Trinajstić information content (AvgIpc) is 3.26.